The Morgan fingerprint density at radius 1 is 1.30 bits per heavy atom. The summed E-state index contributed by atoms with van der Waals surface area (Å²) in [5, 5.41) is 3.58. The second-order valence-electron chi connectivity index (χ2n) is 8.00. The lowest BCUT2D eigenvalue weighted by molar-refractivity contribution is -0.137. The van der Waals surface area contributed by atoms with Crippen LogP contribution in [0.3, 0.4) is 0 Å². The van der Waals surface area contributed by atoms with Crippen molar-refractivity contribution in [2.24, 2.45) is 0 Å². The monoisotopic (exact) mass is 484 g/mol. The average Bonchev–Trinajstić information content (AvgIpc) is 3.33. The fourth-order valence-corrected chi connectivity index (χ4v) is 4.13. The maximum Gasteiger partial charge on any atom is 0.418 e. The van der Waals surface area contributed by atoms with Crippen LogP contribution in [0.5, 0.6) is 0 Å². The molecular formula is C21H24ClF3N6O2. The van der Waals surface area contributed by atoms with E-state index in [0.717, 1.165) is 16.2 Å². The third kappa shape index (κ3) is 4.65. The fraction of sp³-hybridized carbons (Fsp3) is 0.476. The minimum atomic E-state index is -4.71. The van der Waals surface area contributed by atoms with Crippen molar-refractivity contribution in [3.63, 3.8) is 0 Å². The largest absolute Gasteiger partial charge is 0.418 e. The number of hydrogen-bond acceptors (Lipinski definition) is 5. The second-order valence-corrected chi connectivity index (χ2v) is 8.38. The van der Waals surface area contributed by atoms with Crippen molar-refractivity contribution >= 4 is 17.4 Å². The summed E-state index contributed by atoms with van der Waals surface area (Å²) in [4.78, 5) is 19.3. The van der Waals surface area contributed by atoms with Gasteiger partial charge in [-0.2, -0.15) is 18.3 Å². The van der Waals surface area contributed by atoms with Crippen LogP contribution in [-0.2, 0) is 24.0 Å². The van der Waals surface area contributed by atoms with Crippen molar-refractivity contribution in [2.45, 2.75) is 46.1 Å². The smallest absolute Gasteiger partial charge is 0.375 e. The van der Waals surface area contributed by atoms with Crippen LogP contribution in [0.15, 0.2) is 29.5 Å². The average molecular weight is 485 g/mol. The Hall–Kier alpha value is -2.79. The predicted molar refractivity (Wildman–Crippen MR) is 117 cm³/mol. The molecule has 12 heteroatoms. The summed E-state index contributed by atoms with van der Waals surface area (Å²) in [5.74, 6) is -0.157. The molecule has 178 valence electrons. The number of anilines is 1. The minimum Gasteiger partial charge on any atom is -0.375 e. The standard InChI is InChI=1S/C21H24ClF3N6O2/c1-4-29-11-15(8-26-29)12-30-13(2)9-31(20(30)32)19-18(22)16(21(23,24)25)7-17(27-19)28-5-6-33-14(3)10-28/h7-9,11,14H,4-6,10,12H2,1-3H3/t14-/m1/s1. The minimum absolute atomic E-state index is 0.0957. The molecule has 1 fully saturated rings. The SMILES string of the molecule is CCn1cc(Cn2c(C)cn(-c3nc(N4CCO[C@H](C)C4)cc(C(F)(F)F)c3Cl)c2=O)cn1. The normalized spacial score (nSPS) is 17.1. The molecule has 0 spiro atoms. The van der Waals surface area contributed by atoms with E-state index in [1.807, 2.05) is 20.0 Å². The highest BCUT2D eigenvalue weighted by atomic mass is 35.5. The third-order valence-corrected chi connectivity index (χ3v) is 5.93. The summed E-state index contributed by atoms with van der Waals surface area (Å²) in [7, 11) is 0. The van der Waals surface area contributed by atoms with Crippen LogP contribution in [0.1, 0.15) is 30.7 Å². The van der Waals surface area contributed by atoms with Crippen LogP contribution < -0.4 is 10.6 Å². The van der Waals surface area contributed by atoms with Crippen molar-refractivity contribution < 1.29 is 17.9 Å². The van der Waals surface area contributed by atoms with E-state index in [2.05, 4.69) is 10.1 Å². The van der Waals surface area contributed by atoms with E-state index in [4.69, 9.17) is 16.3 Å². The lowest BCUT2D eigenvalue weighted by Gasteiger charge is -2.32. The number of alkyl halides is 3. The van der Waals surface area contributed by atoms with Crippen LogP contribution in [0.2, 0.25) is 5.02 Å². The molecule has 1 atom stereocenters. The molecule has 4 heterocycles. The highest BCUT2D eigenvalue weighted by molar-refractivity contribution is 6.33. The number of rotatable bonds is 5. The van der Waals surface area contributed by atoms with Gasteiger partial charge in [-0.25, -0.2) is 14.3 Å². The number of ether oxygens (including phenoxy) is 1. The summed E-state index contributed by atoms with van der Waals surface area (Å²) in [6, 6.07) is 0.928. The first-order chi connectivity index (χ1) is 15.6. The van der Waals surface area contributed by atoms with Crippen molar-refractivity contribution in [3.05, 3.63) is 57.0 Å². The zero-order valence-electron chi connectivity index (χ0n) is 18.4. The summed E-state index contributed by atoms with van der Waals surface area (Å²) >= 11 is 6.18. The van der Waals surface area contributed by atoms with Crippen molar-refractivity contribution in [1.82, 2.24) is 23.9 Å². The predicted octanol–water partition coefficient (Wildman–Crippen LogP) is 3.50. The zero-order valence-corrected chi connectivity index (χ0v) is 19.2. The molecule has 1 aliphatic heterocycles. The topological polar surface area (TPSA) is 70.1 Å². The summed E-state index contributed by atoms with van der Waals surface area (Å²) < 4.78 is 51.2. The zero-order chi connectivity index (χ0) is 23.9. The number of aryl methyl sites for hydroxylation is 2. The summed E-state index contributed by atoms with van der Waals surface area (Å²) in [5.41, 5.74) is -0.219. The molecule has 0 radical (unpaired) electrons. The van der Waals surface area contributed by atoms with Gasteiger partial charge in [-0.3, -0.25) is 9.25 Å². The lowest BCUT2D eigenvalue weighted by Crippen LogP contribution is -2.41. The van der Waals surface area contributed by atoms with Crippen molar-refractivity contribution in [1.29, 1.82) is 0 Å². The van der Waals surface area contributed by atoms with E-state index in [1.165, 1.54) is 10.8 Å². The van der Waals surface area contributed by atoms with E-state index < -0.39 is 22.5 Å². The molecule has 1 aliphatic rings. The Kier molecular flexibility index (Phi) is 6.28. The Labute approximate surface area is 193 Å². The Bertz CT molecular complexity index is 1220. The molecule has 0 bridgehead atoms. The molecule has 0 unspecified atom stereocenters. The highest BCUT2D eigenvalue weighted by Crippen LogP contribution is 2.39. The Balaban J connectivity index is 1.81. The number of nitrogens with zero attached hydrogens (tertiary/aromatic N) is 6. The molecule has 4 rings (SSSR count). The Morgan fingerprint density at radius 2 is 2.06 bits per heavy atom. The van der Waals surface area contributed by atoms with Gasteiger partial charge in [0.15, 0.2) is 5.82 Å². The van der Waals surface area contributed by atoms with Crippen LogP contribution in [0.4, 0.5) is 19.0 Å². The first-order valence-electron chi connectivity index (χ1n) is 10.5. The summed E-state index contributed by atoms with van der Waals surface area (Å²) in [6.07, 6.45) is 0.0458. The first-order valence-corrected chi connectivity index (χ1v) is 10.9. The van der Waals surface area contributed by atoms with E-state index >= 15 is 0 Å². The van der Waals surface area contributed by atoms with Gasteiger partial charge in [0.1, 0.15) is 5.82 Å². The molecule has 0 saturated carbocycles. The van der Waals surface area contributed by atoms with Crippen molar-refractivity contribution in [2.75, 3.05) is 24.6 Å². The van der Waals surface area contributed by atoms with E-state index in [0.29, 0.717) is 31.9 Å². The second kappa shape index (κ2) is 8.86. The quantitative estimate of drug-likeness (QED) is 0.554. The van der Waals surface area contributed by atoms with E-state index in [1.54, 1.807) is 22.7 Å². The maximum absolute atomic E-state index is 13.8. The van der Waals surface area contributed by atoms with Crippen molar-refractivity contribution in [3.8, 4) is 5.82 Å². The van der Waals surface area contributed by atoms with Crippen LogP contribution in [0, 0.1) is 6.92 Å². The van der Waals surface area contributed by atoms with Gasteiger partial charge in [-0.05, 0) is 26.8 Å². The third-order valence-electron chi connectivity index (χ3n) is 5.56. The maximum atomic E-state index is 13.8. The molecule has 3 aromatic rings. The van der Waals surface area contributed by atoms with E-state index in [9.17, 15) is 18.0 Å². The first kappa shape index (κ1) is 23.4. The molecular weight excluding hydrogens is 461 g/mol. The number of imidazole rings is 1. The molecule has 3 aromatic heterocycles. The van der Waals surface area contributed by atoms with Crippen LogP contribution in [-0.4, -0.2) is 49.7 Å². The van der Waals surface area contributed by atoms with E-state index in [-0.39, 0.29) is 24.3 Å². The molecule has 8 nitrogen and oxygen atoms in total. The molecule has 1 saturated heterocycles. The number of hydrogen-bond donors (Lipinski definition) is 0. The number of morpholine rings is 1. The summed E-state index contributed by atoms with van der Waals surface area (Å²) in [6.45, 7) is 7.51. The van der Waals surface area contributed by atoms with Gasteiger partial charge in [-0.15, -0.1) is 0 Å². The van der Waals surface area contributed by atoms with Crippen LogP contribution >= 0.6 is 11.6 Å². The van der Waals surface area contributed by atoms with Gasteiger partial charge < -0.3 is 9.64 Å². The molecule has 0 aromatic carbocycles. The number of aromatic nitrogens is 5. The molecule has 33 heavy (non-hydrogen) atoms. The van der Waals surface area contributed by atoms with Gasteiger partial charge in [0.2, 0.25) is 0 Å². The molecule has 0 aliphatic carbocycles. The number of pyridine rings is 1. The van der Waals surface area contributed by atoms with Crippen LogP contribution in [0.25, 0.3) is 5.82 Å². The highest BCUT2D eigenvalue weighted by Gasteiger charge is 2.37. The van der Waals surface area contributed by atoms with Gasteiger partial charge in [0.05, 0.1) is 36.0 Å². The van der Waals surface area contributed by atoms with Gasteiger partial charge in [0, 0.05) is 43.3 Å². The van der Waals surface area contributed by atoms with Gasteiger partial charge >= 0.3 is 11.9 Å². The molecule has 0 N–H and O–H groups in total. The lowest BCUT2D eigenvalue weighted by atomic mass is 10.2. The fourth-order valence-electron chi connectivity index (χ4n) is 3.84. The number of halogens is 4. The Morgan fingerprint density at radius 3 is 2.70 bits per heavy atom. The molecule has 0 amide bonds. The van der Waals surface area contributed by atoms with Gasteiger partial charge in [0.25, 0.3) is 0 Å². The van der Waals surface area contributed by atoms with Gasteiger partial charge in [-0.1, -0.05) is 11.6 Å².